The van der Waals surface area contributed by atoms with Gasteiger partial charge in [-0.1, -0.05) is 0 Å². The van der Waals surface area contributed by atoms with Crippen LogP contribution >= 0.6 is 12.4 Å². The van der Waals surface area contributed by atoms with Crippen molar-refractivity contribution in [3.05, 3.63) is 68.5 Å². The van der Waals surface area contributed by atoms with Gasteiger partial charge in [0.25, 0.3) is 11.4 Å². The Morgan fingerprint density at radius 1 is 1.10 bits per heavy atom. The minimum Gasteiger partial charge on any atom is -0.258 e. The molecule has 1 aromatic carbocycles. The maximum atomic E-state index is 11.0. The molecule has 0 saturated carbocycles. The van der Waals surface area contributed by atoms with Crippen LogP contribution in [0.25, 0.3) is 5.69 Å². The summed E-state index contributed by atoms with van der Waals surface area (Å²) in [5.41, 5.74) is 0.614. The molecule has 0 N–H and O–H groups in total. The maximum Gasteiger partial charge on any atom is 0.347 e. The van der Waals surface area contributed by atoms with E-state index >= 15 is 0 Å². The molecule has 2 aromatic rings. The van der Waals surface area contributed by atoms with Crippen molar-refractivity contribution in [3.63, 3.8) is 0 Å². The van der Waals surface area contributed by atoms with Gasteiger partial charge in [0.1, 0.15) is 6.07 Å². The molecule has 7 nitrogen and oxygen atoms in total. The van der Waals surface area contributed by atoms with Crippen molar-refractivity contribution in [2.45, 2.75) is 6.92 Å². The summed E-state index contributed by atoms with van der Waals surface area (Å²) < 4.78 is 1.57. The Morgan fingerprint density at radius 3 is 2.35 bits per heavy atom. The number of hydrogen-bond donors (Lipinski definition) is 0. The Labute approximate surface area is 120 Å². The Bertz CT molecular complexity index is 676. The van der Waals surface area contributed by atoms with Crippen molar-refractivity contribution >= 4 is 23.8 Å². The van der Waals surface area contributed by atoms with E-state index < -0.39 is 9.85 Å². The van der Waals surface area contributed by atoms with E-state index in [-0.39, 0.29) is 23.8 Å². The predicted molar refractivity (Wildman–Crippen MR) is 73.3 cm³/mol. The van der Waals surface area contributed by atoms with Gasteiger partial charge in [-0.15, -0.1) is 12.4 Å². The van der Waals surface area contributed by atoms with Gasteiger partial charge in [-0.25, -0.2) is 0 Å². The lowest BCUT2D eigenvalue weighted by Gasteiger charge is -1.98. The number of non-ortho nitro benzene ring substituents is 1. The molecule has 1 heterocycles. The summed E-state index contributed by atoms with van der Waals surface area (Å²) in [6.45, 7) is 1.85. The molecule has 0 amide bonds. The maximum absolute atomic E-state index is 11.0. The number of aryl methyl sites for hydroxylation is 1. The van der Waals surface area contributed by atoms with Gasteiger partial charge in [-0.2, -0.15) is 4.57 Å². The first kappa shape index (κ1) is 15.5. The van der Waals surface area contributed by atoms with Crippen molar-refractivity contribution in [2.75, 3.05) is 0 Å². The zero-order chi connectivity index (χ0) is 14.0. The van der Waals surface area contributed by atoms with Crippen LogP contribution in [0.1, 0.15) is 5.56 Å². The van der Waals surface area contributed by atoms with E-state index in [1.165, 1.54) is 12.1 Å². The normalized spacial score (nSPS) is 9.65. The molecule has 0 spiro atoms. The van der Waals surface area contributed by atoms with E-state index in [2.05, 4.69) is 0 Å². The van der Waals surface area contributed by atoms with Crippen LogP contribution in [0.3, 0.4) is 0 Å². The number of nitrogens with zero attached hydrogens (tertiary/aromatic N) is 3. The summed E-state index contributed by atoms with van der Waals surface area (Å²) in [5.74, 6) is 0. The smallest absolute Gasteiger partial charge is 0.258 e. The molecule has 0 aliphatic carbocycles. The molecule has 20 heavy (non-hydrogen) atoms. The number of pyridine rings is 1. The van der Waals surface area contributed by atoms with E-state index in [1.807, 2.05) is 13.0 Å². The average molecular weight is 297 g/mol. The van der Waals surface area contributed by atoms with Gasteiger partial charge in [0.2, 0.25) is 0 Å². The minimum absolute atomic E-state index is 0. The molecule has 0 fully saturated rings. The molecular weight excluding hydrogens is 286 g/mol. The highest BCUT2D eigenvalue weighted by molar-refractivity contribution is 5.85. The number of halogens is 1. The van der Waals surface area contributed by atoms with E-state index in [1.54, 1.807) is 23.0 Å². The lowest BCUT2D eigenvalue weighted by Crippen LogP contribution is -2.30. The van der Waals surface area contributed by atoms with Crippen LogP contribution in [0.5, 0.6) is 0 Å². The summed E-state index contributed by atoms with van der Waals surface area (Å²) in [7, 11) is 0. The lowest BCUT2D eigenvalue weighted by molar-refractivity contribution is -0.601. The Balaban J connectivity index is 0.00000200. The Morgan fingerprint density at radius 2 is 1.80 bits per heavy atom. The number of benzene rings is 1. The molecule has 0 atom stereocenters. The van der Waals surface area contributed by atoms with Gasteiger partial charge >= 0.3 is 5.69 Å². The molecule has 1 aromatic heterocycles. The number of nitro groups is 2. The predicted octanol–water partition coefficient (Wildman–Crippen LogP) is 2.51. The van der Waals surface area contributed by atoms with E-state index in [4.69, 9.17) is 0 Å². The van der Waals surface area contributed by atoms with Crippen LogP contribution in [-0.4, -0.2) is 9.85 Å². The van der Waals surface area contributed by atoms with Crippen molar-refractivity contribution in [2.24, 2.45) is 0 Å². The standard InChI is InChI=1S/C12H10N3O4.ClH/c1-9-3-2-6-13(8-9)11-5-4-10(14(16)17)7-12(11)15(18)19;/h2-8H,1H3;1H/q+1;. The highest BCUT2D eigenvalue weighted by atomic mass is 35.5. The number of nitro benzene ring substituents is 2. The second-order valence-electron chi connectivity index (χ2n) is 3.98. The SMILES string of the molecule is Cc1ccc[n+](-c2ccc([N+](=O)[O-])cc2[N+](=O)[O-])c1.Cl. The molecule has 0 unspecified atom stereocenters. The monoisotopic (exact) mass is 296 g/mol. The summed E-state index contributed by atoms with van der Waals surface area (Å²) in [5, 5.41) is 21.7. The fraction of sp³-hybridized carbons (Fsp3) is 0.0833. The molecule has 0 bridgehead atoms. The minimum atomic E-state index is -0.655. The van der Waals surface area contributed by atoms with E-state index in [0.717, 1.165) is 11.6 Å². The summed E-state index contributed by atoms with van der Waals surface area (Å²) in [6.07, 6.45) is 3.37. The van der Waals surface area contributed by atoms with Crippen LogP contribution in [-0.2, 0) is 0 Å². The topological polar surface area (TPSA) is 90.2 Å². The zero-order valence-corrected chi connectivity index (χ0v) is 11.2. The molecule has 8 heteroatoms. The fourth-order valence-corrected chi connectivity index (χ4v) is 1.73. The van der Waals surface area contributed by atoms with Gasteiger partial charge in [-0.05, 0) is 13.0 Å². The van der Waals surface area contributed by atoms with Crippen molar-refractivity contribution in [1.29, 1.82) is 0 Å². The van der Waals surface area contributed by atoms with Crippen molar-refractivity contribution in [3.8, 4) is 5.69 Å². The molecular formula is C12H11ClN3O4+. The van der Waals surface area contributed by atoms with E-state index in [9.17, 15) is 20.2 Å². The summed E-state index contributed by atoms with van der Waals surface area (Å²) >= 11 is 0. The first-order valence-electron chi connectivity index (χ1n) is 5.40. The largest absolute Gasteiger partial charge is 0.347 e. The highest BCUT2D eigenvalue weighted by Gasteiger charge is 2.25. The molecule has 0 radical (unpaired) electrons. The molecule has 0 aliphatic rings. The first-order valence-corrected chi connectivity index (χ1v) is 5.40. The second kappa shape index (κ2) is 6.07. The Kier molecular flexibility index (Phi) is 4.71. The van der Waals surface area contributed by atoms with Gasteiger partial charge < -0.3 is 0 Å². The Hall–Kier alpha value is -2.54. The first-order chi connectivity index (χ1) is 8.99. The van der Waals surface area contributed by atoms with Crippen molar-refractivity contribution < 1.29 is 14.4 Å². The average Bonchev–Trinajstić information content (AvgIpc) is 2.37. The van der Waals surface area contributed by atoms with Crippen LogP contribution in [0.15, 0.2) is 42.7 Å². The van der Waals surface area contributed by atoms with E-state index in [0.29, 0.717) is 5.69 Å². The lowest BCUT2D eigenvalue weighted by atomic mass is 10.2. The van der Waals surface area contributed by atoms with Crippen LogP contribution in [0.2, 0.25) is 0 Å². The third-order valence-electron chi connectivity index (χ3n) is 2.59. The van der Waals surface area contributed by atoms with Gasteiger partial charge in [0.15, 0.2) is 12.4 Å². The molecule has 0 aliphatic heterocycles. The van der Waals surface area contributed by atoms with Gasteiger partial charge in [0, 0.05) is 23.8 Å². The third-order valence-corrected chi connectivity index (χ3v) is 2.59. The van der Waals surface area contributed by atoms with Gasteiger partial charge in [-0.3, -0.25) is 20.2 Å². The van der Waals surface area contributed by atoms with Gasteiger partial charge in [0.05, 0.1) is 9.85 Å². The summed E-state index contributed by atoms with van der Waals surface area (Å²) in [6, 6.07) is 7.19. The summed E-state index contributed by atoms with van der Waals surface area (Å²) in [4.78, 5) is 20.4. The number of hydrogen-bond acceptors (Lipinski definition) is 4. The zero-order valence-electron chi connectivity index (χ0n) is 10.4. The molecule has 2 rings (SSSR count). The molecule has 0 saturated heterocycles. The quantitative estimate of drug-likeness (QED) is 0.494. The number of rotatable bonds is 3. The number of aromatic nitrogens is 1. The second-order valence-corrected chi connectivity index (χ2v) is 3.98. The van der Waals surface area contributed by atoms with Crippen LogP contribution in [0, 0.1) is 27.2 Å². The van der Waals surface area contributed by atoms with Crippen molar-refractivity contribution in [1.82, 2.24) is 0 Å². The van der Waals surface area contributed by atoms with Crippen LogP contribution in [0.4, 0.5) is 11.4 Å². The van der Waals surface area contributed by atoms with Crippen LogP contribution < -0.4 is 4.57 Å². The molecule has 104 valence electrons. The third kappa shape index (κ3) is 3.07. The fourth-order valence-electron chi connectivity index (χ4n) is 1.73. The highest BCUT2D eigenvalue weighted by Crippen LogP contribution is 2.24.